The molecule has 4 aromatic heterocycles. The molecule has 516 valence electrons. The van der Waals surface area contributed by atoms with Crippen LogP contribution < -0.4 is 20.7 Å². The van der Waals surface area contributed by atoms with Crippen molar-refractivity contribution in [2.75, 3.05) is 0 Å². The molecule has 20 aromatic rings. The van der Waals surface area contributed by atoms with Crippen molar-refractivity contribution in [2.45, 2.75) is 40.8 Å². The zero-order chi connectivity index (χ0) is 72.6. The second-order valence-electron chi connectivity index (χ2n) is 28.0. The van der Waals surface area contributed by atoms with Crippen molar-refractivity contribution < 1.29 is 38.5 Å². The van der Waals surface area contributed by atoms with Gasteiger partial charge in [-0.25, -0.2) is 0 Å². The molecule has 9 heteroatoms. The quantitative estimate of drug-likeness (QED) is 0.0904. The number of halogens is 2. The summed E-state index contributed by atoms with van der Waals surface area (Å²) in [7, 11) is 7.01. The van der Waals surface area contributed by atoms with Gasteiger partial charge in [-0.15, -0.1) is 112 Å². The standard InChI is InChI=1S/2C49H35O2Si.2ClH.Zr/c2*1-30-18-24-46(50-30)44-28-42-38(36-22-20-32-10-4-6-12-34(32)26-36)14-8-16-40(42)48(44)52(3)49-41-17-9-15-39(37-23-21-33-11-5-7-13-35(33)27-37)43(41)29-45(49)47-25-19-31(2)51-47;;;/h2*4-29H,1-3H3;2*1H;/q2*-2;;;+2/p-2. The first kappa shape index (κ1) is 68.0. The maximum absolute atomic E-state index is 6.43. The molecule has 0 saturated heterocycles. The molecular formula is C98H70Cl2O4Si2Zr-4. The first-order chi connectivity index (χ1) is 52.4. The number of aryl methyl sites for hydroxylation is 4. The van der Waals surface area contributed by atoms with Gasteiger partial charge in [-0.1, -0.05) is 252 Å². The summed E-state index contributed by atoms with van der Waals surface area (Å²) in [6, 6.07) is 115. The van der Waals surface area contributed by atoms with Crippen molar-refractivity contribution in [1.82, 2.24) is 0 Å². The summed E-state index contributed by atoms with van der Waals surface area (Å²) in [6.07, 6.45) is 0. The van der Waals surface area contributed by atoms with Crippen LogP contribution in [-0.4, -0.2) is 17.6 Å². The normalized spacial score (nSPS) is 11.7. The van der Waals surface area contributed by atoms with Crippen LogP contribution in [0.4, 0.5) is 0 Å². The molecule has 0 bridgehead atoms. The zero-order valence-electron chi connectivity index (χ0n) is 59.9. The molecule has 4 heterocycles. The van der Waals surface area contributed by atoms with Crippen LogP contribution in [0.1, 0.15) is 23.0 Å². The van der Waals surface area contributed by atoms with Crippen LogP contribution in [-0.2, 0) is 20.8 Å². The average molecular weight is 1530 g/mol. The van der Waals surface area contributed by atoms with Gasteiger partial charge in [0, 0.05) is 17.6 Å². The molecule has 20 rings (SSSR count). The van der Waals surface area contributed by atoms with E-state index in [4.69, 9.17) is 34.7 Å². The number of rotatable bonds is 12. The monoisotopic (exact) mass is 1530 g/mol. The van der Waals surface area contributed by atoms with E-state index in [0.29, 0.717) is 0 Å². The Bertz CT molecular complexity index is 5970. The number of hydrogen-bond donors (Lipinski definition) is 0. The second kappa shape index (κ2) is 28.5. The topological polar surface area (TPSA) is 52.6 Å². The van der Waals surface area contributed by atoms with E-state index in [2.05, 4.69) is 329 Å². The SMILES string of the molecule is Cc1ccc(-c2cc3c(-c4ccc5ccccc5c4)cccc3[c-]2[Si](C)[c-]2c(-c3ccc(C)o3)cc3c(-c4ccc5ccccc5c4)cccc32)o1.Cc1ccc(-c2cc3c(-c4ccc5ccccc5c4)cccc3[c-]2[Si](C)[c-]2c(-c3ccc(C)o3)cc3c(-c4ccc5ccccc5c4)cccc32)o1.[Cl][Zr][Cl]. The molecule has 0 saturated carbocycles. The number of fused-ring (bicyclic) bond motifs is 8. The minimum absolute atomic E-state index is 0.826. The average Bonchev–Trinajstić information content (AvgIpc) is 1.58. The van der Waals surface area contributed by atoms with Gasteiger partial charge in [0.1, 0.15) is 0 Å². The van der Waals surface area contributed by atoms with E-state index in [1.807, 2.05) is 27.7 Å². The Hall–Kier alpha value is -10.9. The Kier molecular flexibility index (Phi) is 18.1. The van der Waals surface area contributed by atoms with E-state index in [9.17, 15) is 0 Å². The molecule has 0 aliphatic rings. The van der Waals surface area contributed by atoms with E-state index in [-0.39, 0.29) is 0 Å². The third kappa shape index (κ3) is 12.5. The molecule has 107 heavy (non-hydrogen) atoms. The van der Waals surface area contributed by atoms with Crippen molar-refractivity contribution >= 4 is 142 Å². The summed E-state index contributed by atoms with van der Waals surface area (Å²) >= 11 is -0.826. The van der Waals surface area contributed by atoms with Gasteiger partial charge in [0.05, 0.1) is 46.1 Å². The zero-order valence-corrected chi connectivity index (χ0v) is 65.9. The molecule has 0 aliphatic heterocycles. The molecule has 4 nitrogen and oxygen atoms in total. The van der Waals surface area contributed by atoms with Crippen molar-refractivity contribution in [1.29, 1.82) is 0 Å². The Morgan fingerprint density at radius 1 is 0.243 bits per heavy atom. The Labute approximate surface area is 643 Å². The third-order valence-corrected chi connectivity index (χ3v) is 26.7. The van der Waals surface area contributed by atoms with Crippen molar-refractivity contribution in [3.05, 3.63) is 338 Å². The van der Waals surface area contributed by atoms with Gasteiger partial charge in [0.25, 0.3) is 0 Å². The van der Waals surface area contributed by atoms with Gasteiger partial charge >= 0.3 is 37.9 Å². The predicted octanol–water partition coefficient (Wildman–Crippen LogP) is 26.3. The molecule has 0 unspecified atom stereocenters. The van der Waals surface area contributed by atoms with Gasteiger partial charge in [-0.3, -0.25) is 0 Å². The summed E-state index contributed by atoms with van der Waals surface area (Å²) < 4.78 is 25.7. The van der Waals surface area contributed by atoms with Crippen molar-refractivity contribution in [3.63, 3.8) is 0 Å². The number of benzene rings is 12. The van der Waals surface area contributed by atoms with Crippen molar-refractivity contribution in [3.8, 4) is 89.8 Å². The van der Waals surface area contributed by atoms with Crippen LogP contribution in [0.5, 0.6) is 0 Å². The Balaban J connectivity index is 0.000000146. The summed E-state index contributed by atoms with van der Waals surface area (Å²) in [4.78, 5) is 0. The second-order valence-corrected chi connectivity index (χ2v) is 36.2. The summed E-state index contributed by atoms with van der Waals surface area (Å²) in [5.74, 6) is 7.32. The summed E-state index contributed by atoms with van der Waals surface area (Å²) in [5, 5.41) is 25.6. The molecule has 0 aliphatic carbocycles. The van der Waals surface area contributed by atoms with E-state index >= 15 is 0 Å². The van der Waals surface area contributed by atoms with Crippen LogP contribution in [0.15, 0.2) is 333 Å². The fourth-order valence-corrected chi connectivity index (χ4v) is 22.0. The molecule has 0 atom stereocenters. The fourth-order valence-electron chi connectivity index (χ4n) is 16.6. The van der Waals surface area contributed by atoms with Crippen LogP contribution >= 0.6 is 17.0 Å². The van der Waals surface area contributed by atoms with Gasteiger partial charge in [-0.05, 0) is 166 Å². The molecule has 0 amide bonds. The molecule has 0 N–H and O–H groups in total. The molecule has 0 spiro atoms. The molecular weight excluding hydrogens is 1460 g/mol. The predicted molar refractivity (Wildman–Crippen MR) is 453 cm³/mol. The molecule has 0 fully saturated rings. The van der Waals surface area contributed by atoms with E-state index in [1.165, 1.54) is 174 Å². The Morgan fingerprint density at radius 3 is 0.664 bits per heavy atom. The Morgan fingerprint density at radius 2 is 0.458 bits per heavy atom. The molecule has 16 aromatic carbocycles. The van der Waals surface area contributed by atoms with E-state index in [0.717, 1.165) is 46.1 Å². The van der Waals surface area contributed by atoms with Gasteiger partial charge in [0.15, 0.2) is 0 Å². The third-order valence-electron chi connectivity index (χ3n) is 21.5. The van der Waals surface area contributed by atoms with Crippen molar-refractivity contribution in [2.24, 2.45) is 0 Å². The minimum atomic E-state index is -1.43. The first-order valence-electron chi connectivity index (χ1n) is 36.2. The summed E-state index contributed by atoms with van der Waals surface area (Å²) in [5.41, 5.74) is 14.5. The van der Waals surface area contributed by atoms with Crippen LogP contribution in [0, 0.1) is 27.7 Å². The summed E-state index contributed by atoms with van der Waals surface area (Å²) in [6.45, 7) is 13.0. The van der Waals surface area contributed by atoms with Gasteiger partial charge in [0.2, 0.25) is 0 Å². The van der Waals surface area contributed by atoms with Gasteiger partial charge < -0.3 is 17.7 Å². The van der Waals surface area contributed by atoms with E-state index in [1.54, 1.807) is 0 Å². The first-order valence-corrected chi connectivity index (χ1v) is 46.5. The fraction of sp³-hybridized carbons (Fsp3) is 0.0612. The maximum atomic E-state index is 6.43. The van der Waals surface area contributed by atoms with E-state index < -0.39 is 38.4 Å². The van der Waals surface area contributed by atoms with Crippen LogP contribution in [0.2, 0.25) is 13.1 Å². The molecule has 2 radical (unpaired) electrons. The van der Waals surface area contributed by atoms with Gasteiger partial charge in [-0.2, -0.15) is 0 Å². The number of hydrogen-bond acceptors (Lipinski definition) is 4. The number of furan rings is 4. The van der Waals surface area contributed by atoms with Crippen LogP contribution in [0.25, 0.3) is 176 Å². The van der Waals surface area contributed by atoms with Crippen LogP contribution in [0.3, 0.4) is 0 Å².